The Labute approximate surface area is 199 Å². The number of hydrogen-bond acceptors (Lipinski definition) is 6. The molecule has 7 nitrogen and oxygen atoms in total. The molecule has 8 heteroatoms. The second-order valence-electron chi connectivity index (χ2n) is 6.98. The van der Waals surface area contributed by atoms with Gasteiger partial charge in [-0.2, -0.15) is 0 Å². The first-order chi connectivity index (χ1) is 16.4. The summed E-state index contributed by atoms with van der Waals surface area (Å²) < 4.78 is 29.9. The molecule has 2 rings (SSSR count). The number of benzene rings is 2. The molecule has 0 aromatic heterocycles. The second kappa shape index (κ2) is 13.4. The number of carbonyl (C=O) groups is 2. The summed E-state index contributed by atoms with van der Waals surface area (Å²) in [5, 5.41) is 2.95. The summed E-state index contributed by atoms with van der Waals surface area (Å²) in [7, 11) is 2.75. The Morgan fingerprint density at radius 1 is 1.18 bits per heavy atom. The minimum absolute atomic E-state index is 0.0926. The SMILES string of the molecule is C#CCNc1cc(OC)c(OCCCN(C#CC)C(=O)Cc2ccccc2F)cc1C(=O)OC. The summed E-state index contributed by atoms with van der Waals surface area (Å²) in [6.45, 7) is 2.32. The van der Waals surface area contributed by atoms with Gasteiger partial charge in [0.15, 0.2) is 11.5 Å². The molecule has 1 amide bonds. The van der Waals surface area contributed by atoms with Gasteiger partial charge in [0.1, 0.15) is 5.82 Å². The van der Waals surface area contributed by atoms with Gasteiger partial charge in [0.2, 0.25) is 5.91 Å². The first kappa shape index (κ1) is 26.1. The number of halogens is 1. The zero-order valence-electron chi connectivity index (χ0n) is 19.4. The molecule has 0 saturated carbocycles. The Morgan fingerprint density at radius 2 is 1.94 bits per heavy atom. The zero-order chi connectivity index (χ0) is 24.9. The van der Waals surface area contributed by atoms with Crippen LogP contribution in [0, 0.1) is 30.1 Å². The number of anilines is 1. The Balaban J connectivity index is 2.06. The van der Waals surface area contributed by atoms with E-state index in [1.807, 2.05) is 0 Å². The Hall–Kier alpha value is -4.17. The third-order valence-corrected chi connectivity index (χ3v) is 4.72. The summed E-state index contributed by atoms with van der Waals surface area (Å²) >= 11 is 0. The molecule has 34 heavy (non-hydrogen) atoms. The van der Waals surface area contributed by atoms with Gasteiger partial charge in [0.05, 0.1) is 45.0 Å². The fourth-order valence-corrected chi connectivity index (χ4v) is 3.09. The number of terminal acetylenes is 1. The van der Waals surface area contributed by atoms with E-state index in [1.165, 1.54) is 31.3 Å². The monoisotopic (exact) mass is 466 g/mol. The van der Waals surface area contributed by atoms with E-state index < -0.39 is 11.8 Å². The van der Waals surface area contributed by atoms with E-state index in [0.29, 0.717) is 29.2 Å². The third kappa shape index (κ3) is 7.18. The number of nitrogens with one attached hydrogen (secondary N) is 1. The maximum Gasteiger partial charge on any atom is 0.340 e. The standard InChI is InChI=1S/C26H27FN2O5/c1-5-12-28-22-18-23(32-3)24(17-20(22)26(31)33-4)34-15-9-14-29(13-6-2)25(30)16-19-10-7-8-11-21(19)27/h1,7-8,10-11,17-18,28H,9,12,14-16H2,2-4H3. The second-order valence-corrected chi connectivity index (χ2v) is 6.98. The van der Waals surface area contributed by atoms with Crippen LogP contribution in [0.2, 0.25) is 0 Å². The first-order valence-corrected chi connectivity index (χ1v) is 10.5. The van der Waals surface area contributed by atoms with Crippen molar-refractivity contribution in [2.75, 3.05) is 39.2 Å². The molecular formula is C26H27FN2O5. The van der Waals surface area contributed by atoms with Crippen molar-refractivity contribution in [3.8, 4) is 35.8 Å². The molecule has 0 heterocycles. The minimum Gasteiger partial charge on any atom is -0.493 e. The molecule has 0 saturated heterocycles. The lowest BCUT2D eigenvalue weighted by Gasteiger charge is -2.18. The van der Waals surface area contributed by atoms with Gasteiger partial charge >= 0.3 is 5.97 Å². The van der Waals surface area contributed by atoms with Crippen LogP contribution in [0.4, 0.5) is 10.1 Å². The van der Waals surface area contributed by atoms with Crippen LogP contribution < -0.4 is 14.8 Å². The van der Waals surface area contributed by atoms with Crippen LogP contribution in [0.5, 0.6) is 11.5 Å². The molecule has 0 radical (unpaired) electrons. The van der Waals surface area contributed by atoms with Gasteiger partial charge in [-0.15, -0.1) is 6.42 Å². The van der Waals surface area contributed by atoms with E-state index in [1.54, 1.807) is 31.2 Å². The number of amides is 1. The maximum absolute atomic E-state index is 13.9. The fraction of sp³-hybridized carbons (Fsp3) is 0.308. The lowest BCUT2D eigenvalue weighted by atomic mass is 10.1. The van der Waals surface area contributed by atoms with E-state index >= 15 is 0 Å². The van der Waals surface area contributed by atoms with E-state index in [-0.39, 0.29) is 37.6 Å². The normalized spacial score (nSPS) is 9.74. The highest BCUT2D eigenvalue weighted by atomic mass is 19.1. The van der Waals surface area contributed by atoms with Crippen molar-refractivity contribution in [3.63, 3.8) is 0 Å². The molecule has 0 spiro atoms. The lowest BCUT2D eigenvalue weighted by Crippen LogP contribution is -2.30. The number of nitrogens with zero attached hydrogens (tertiary/aromatic N) is 1. The number of esters is 1. The quantitative estimate of drug-likeness (QED) is 0.237. The van der Waals surface area contributed by atoms with Crippen LogP contribution in [0.1, 0.15) is 29.3 Å². The Bertz CT molecular complexity index is 1110. The van der Waals surface area contributed by atoms with Crippen molar-refractivity contribution >= 4 is 17.6 Å². The zero-order valence-corrected chi connectivity index (χ0v) is 19.4. The van der Waals surface area contributed by atoms with Crippen molar-refractivity contribution in [1.29, 1.82) is 0 Å². The van der Waals surface area contributed by atoms with Gasteiger partial charge in [-0.05, 0) is 18.6 Å². The molecule has 1 N–H and O–H groups in total. The molecule has 0 bridgehead atoms. The molecule has 2 aromatic rings. The van der Waals surface area contributed by atoms with Gasteiger partial charge in [0.25, 0.3) is 0 Å². The van der Waals surface area contributed by atoms with Gasteiger partial charge in [-0.1, -0.05) is 30.0 Å². The molecule has 0 fully saturated rings. The smallest absolute Gasteiger partial charge is 0.340 e. The third-order valence-electron chi connectivity index (χ3n) is 4.72. The Morgan fingerprint density at radius 3 is 2.59 bits per heavy atom. The predicted octanol–water partition coefficient (Wildman–Crippen LogP) is 3.49. The first-order valence-electron chi connectivity index (χ1n) is 10.5. The van der Waals surface area contributed by atoms with Gasteiger partial charge in [-0.3, -0.25) is 9.69 Å². The summed E-state index contributed by atoms with van der Waals surface area (Å²) in [6.07, 6.45) is 5.64. The summed E-state index contributed by atoms with van der Waals surface area (Å²) in [4.78, 5) is 26.2. The topological polar surface area (TPSA) is 77.1 Å². The van der Waals surface area contributed by atoms with Gasteiger partial charge in [-0.25, -0.2) is 9.18 Å². The summed E-state index contributed by atoms with van der Waals surface area (Å²) in [5.41, 5.74) is 1.01. The van der Waals surface area contributed by atoms with E-state index in [4.69, 9.17) is 20.6 Å². The van der Waals surface area contributed by atoms with Gasteiger partial charge in [0, 0.05) is 31.1 Å². The van der Waals surface area contributed by atoms with Crippen molar-refractivity contribution < 1.29 is 28.2 Å². The number of rotatable bonds is 11. The highest BCUT2D eigenvalue weighted by molar-refractivity contribution is 5.96. The van der Waals surface area contributed by atoms with E-state index in [2.05, 4.69) is 23.2 Å². The number of ether oxygens (including phenoxy) is 3. The highest BCUT2D eigenvalue weighted by Crippen LogP contribution is 2.34. The molecular weight excluding hydrogens is 439 g/mol. The number of carbonyl (C=O) groups excluding carboxylic acids is 2. The molecule has 2 aromatic carbocycles. The van der Waals surface area contributed by atoms with Crippen molar-refractivity contribution in [1.82, 2.24) is 4.90 Å². The van der Waals surface area contributed by atoms with E-state index in [9.17, 15) is 14.0 Å². The summed E-state index contributed by atoms with van der Waals surface area (Å²) in [5.74, 6) is 4.57. The van der Waals surface area contributed by atoms with Crippen molar-refractivity contribution in [2.24, 2.45) is 0 Å². The average molecular weight is 467 g/mol. The van der Waals surface area contributed by atoms with Crippen LogP contribution in [0.15, 0.2) is 36.4 Å². The molecule has 0 aliphatic rings. The average Bonchev–Trinajstić information content (AvgIpc) is 2.85. The molecule has 0 unspecified atom stereocenters. The number of hydrogen-bond donors (Lipinski definition) is 1. The maximum atomic E-state index is 13.9. The Kier molecular flexibility index (Phi) is 10.3. The lowest BCUT2D eigenvalue weighted by molar-refractivity contribution is -0.127. The largest absolute Gasteiger partial charge is 0.493 e. The van der Waals surface area contributed by atoms with Crippen LogP contribution in [-0.4, -0.2) is 50.7 Å². The predicted molar refractivity (Wildman–Crippen MR) is 127 cm³/mol. The van der Waals surface area contributed by atoms with Crippen LogP contribution in [0.25, 0.3) is 0 Å². The van der Waals surface area contributed by atoms with E-state index in [0.717, 1.165) is 0 Å². The summed E-state index contributed by atoms with van der Waals surface area (Å²) in [6, 6.07) is 12.0. The van der Waals surface area contributed by atoms with Crippen molar-refractivity contribution in [2.45, 2.75) is 19.8 Å². The van der Waals surface area contributed by atoms with Crippen LogP contribution >= 0.6 is 0 Å². The van der Waals surface area contributed by atoms with Crippen LogP contribution in [-0.2, 0) is 16.0 Å². The van der Waals surface area contributed by atoms with Gasteiger partial charge < -0.3 is 19.5 Å². The minimum atomic E-state index is -0.560. The highest BCUT2D eigenvalue weighted by Gasteiger charge is 2.18. The van der Waals surface area contributed by atoms with Crippen LogP contribution in [0.3, 0.4) is 0 Å². The number of methoxy groups -OCH3 is 2. The molecule has 0 aliphatic heterocycles. The van der Waals surface area contributed by atoms with Crippen molar-refractivity contribution in [3.05, 3.63) is 53.3 Å². The molecule has 0 aliphatic carbocycles. The molecule has 0 atom stereocenters. The molecule has 178 valence electrons. The fourth-order valence-electron chi connectivity index (χ4n) is 3.09.